The van der Waals surface area contributed by atoms with E-state index in [0.717, 1.165) is 30.3 Å². The fourth-order valence-corrected chi connectivity index (χ4v) is 2.85. The molecule has 2 aromatic rings. The number of aromatic nitrogens is 2. The van der Waals surface area contributed by atoms with Crippen LogP contribution in [0.25, 0.3) is 6.08 Å². The molecule has 1 fully saturated rings. The molecule has 0 saturated carbocycles. The minimum Gasteiger partial charge on any atom is -0.361 e. The number of rotatable bonds is 4. The van der Waals surface area contributed by atoms with Crippen molar-refractivity contribution in [2.24, 2.45) is 0 Å². The highest BCUT2D eigenvalue weighted by atomic mass is 35.5. The zero-order valence-corrected chi connectivity index (χ0v) is 15.7. The predicted octanol–water partition coefficient (Wildman–Crippen LogP) is 2.56. The Bertz CT molecular complexity index is 766. The standard InChI is InChI=1S/C19H22ClN5O/c1-23(2)17-8-9-18(22-21-17)24-11-13-25(14-12-24)19(26)10-5-15-3-6-16(20)7-4-15/h3-10H,11-14H2,1-2H3/b10-5+. The number of benzene rings is 1. The molecule has 1 saturated heterocycles. The molecule has 1 aromatic heterocycles. The number of carbonyl (C=O) groups is 1. The molecule has 0 radical (unpaired) electrons. The summed E-state index contributed by atoms with van der Waals surface area (Å²) < 4.78 is 0. The van der Waals surface area contributed by atoms with Gasteiger partial charge in [-0.3, -0.25) is 4.79 Å². The first kappa shape index (κ1) is 18.2. The molecule has 6 nitrogen and oxygen atoms in total. The van der Waals surface area contributed by atoms with Crippen LogP contribution in [0.5, 0.6) is 0 Å². The quantitative estimate of drug-likeness (QED) is 0.773. The summed E-state index contributed by atoms with van der Waals surface area (Å²) >= 11 is 5.87. The van der Waals surface area contributed by atoms with Gasteiger partial charge in [-0.25, -0.2) is 0 Å². The van der Waals surface area contributed by atoms with Gasteiger partial charge < -0.3 is 14.7 Å². The van der Waals surface area contributed by atoms with Crippen LogP contribution in [-0.2, 0) is 4.79 Å². The van der Waals surface area contributed by atoms with Crippen molar-refractivity contribution in [2.75, 3.05) is 50.1 Å². The third-order valence-electron chi connectivity index (χ3n) is 4.30. The number of hydrogen-bond donors (Lipinski definition) is 0. The summed E-state index contributed by atoms with van der Waals surface area (Å²) in [5.41, 5.74) is 0.956. The molecule has 0 spiro atoms. The van der Waals surface area contributed by atoms with Gasteiger partial charge in [-0.1, -0.05) is 23.7 Å². The van der Waals surface area contributed by atoms with Gasteiger partial charge in [-0.2, -0.15) is 0 Å². The number of piperazine rings is 1. The van der Waals surface area contributed by atoms with Crippen molar-refractivity contribution in [1.82, 2.24) is 15.1 Å². The zero-order chi connectivity index (χ0) is 18.5. The molecule has 2 heterocycles. The SMILES string of the molecule is CN(C)c1ccc(N2CCN(C(=O)/C=C/c3ccc(Cl)cc3)CC2)nn1. The van der Waals surface area contributed by atoms with Crippen molar-refractivity contribution in [3.8, 4) is 0 Å². The van der Waals surface area contributed by atoms with Gasteiger partial charge in [0.25, 0.3) is 0 Å². The van der Waals surface area contributed by atoms with Gasteiger partial charge in [0, 0.05) is 51.4 Å². The topological polar surface area (TPSA) is 52.6 Å². The fraction of sp³-hybridized carbons (Fsp3) is 0.316. The monoisotopic (exact) mass is 371 g/mol. The summed E-state index contributed by atoms with van der Waals surface area (Å²) in [5.74, 6) is 1.70. The lowest BCUT2D eigenvalue weighted by Crippen LogP contribution is -2.48. The predicted molar refractivity (Wildman–Crippen MR) is 106 cm³/mol. The molecule has 0 unspecified atom stereocenters. The van der Waals surface area contributed by atoms with Crippen LogP contribution in [0.15, 0.2) is 42.5 Å². The number of amides is 1. The van der Waals surface area contributed by atoms with Crippen LogP contribution in [0.4, 0.5) is 11.6 Å². The Kier molecular flexibility index (Phi) is 5.73. The second-order valence-corrected chi connectivity index (χ2v) is 6.78. The molecule has 136 valence electrons. The Morgan fingerprint density at radius 1 is 1.04 bits per heavy atom. The van der Waals surface area contributed by atoms with Crippen molar-refractivity contribution >= 4 is 35.2 Å². The van der Waals surface area contributed by atoms with E-state index in [1.165, 1.54) is 0 Å². The molecule has 26 heavy (non-hydrogen) atoms. The first-order chi connectivity index (χ1) is 12.5. The lowest BCUT2D eigenvalue weighted by atomic mass is 10.2. The Hall–Kier alpha value is -2.60. The Morgan fingerprint density at radius 2 is 1.73 bits per heavy atom. The van der Waals surface area contributed by atoms with Crippen molar-refractivity contribution in [1.29, 1.82) is 0 Å². The van der Waals surface area contributed by atoms with E-state index in [0.29, 0.717) is 18.1 Å². The normalized spacial score (nSPS) is 14.7. The minimum absolute atomic E-state index is 0.0219. The summed E-state index contributed by atoms with van der Waals surface area (Å²) in [7, 11) is 3.87. The molecular formula is C19H22ClN5O. The lowest BCUT2D eigenvalue weighted by Gasteiger charge is -2.34. The average Bonchev–Trinajstić information content (AvgIpc) is 2.67. The third-order valence-corrected chi connectivity index (χ3v) is 4.55. The molecule has 0 N–H and O–H groups in total. The summed E-state index contributed by atoms with van der Waals surface area (Å²) in [6, 6.07) is 11.3. The minimum atomic E-state index is 0.0219. The number of halogens is 1. The number of carbonyl (C=O) groups excluding carboxylic acids is 1. The first-order valence-corrected chi connectivity index (χ1v) is 8.89. The van der Waals surface area contributed by atoms with E-state index in [2.05, 4.69) is 15.1 Å². The largest absolute Gasteiger partial charge is 0.361 e. The van der Waals surface area contributed by atoms with Gasteiger partial charge in [-0.15, -0.1) is 10.2 Å². The number of anilines is 2. The summed E-state index contributed by atoms with van der Waals surface area (Å²) in [6.07, 6.45) is 3.43. The van der Waals surface area contributed by atoms with E-state index in [4.69, 9.17) is 11.6 Å². The van der Waals surface area contributed by atoms with Gasteiger partial charge in [0.05, 0.1) is 0 Å². The van der Waals surface area contributed by atoms with E-state index < -0.39 is 0 Å². The van der Waals surface area contributed by atoms with Crippen LogP contribution in [-0.4, -0.2) is 61.3 Å². The summed E-state index contributed by atoms with van der Waals surface area (Å²) in [6.45, 7) is 2.83. The maximum Gasteiger partial charge on any atom is 0.246 e. The zero-order valence-electron chi connectivity index (χ0n) is 15.0. The van der Waals surface area contributed by atoms with Crippen LogP contribution < -0.4 is 9.80 Å². The Balaban J connectivity index is 1.54. The highest BCUT2D eigenvalue weighted by Crippen LogP contribution is 2.16. The molecule has 0 bridgehead atoms. The van der Waals surface area contributed by atoms with Gasteiger partial charge >= 0.3 is 0 Å². The number of nitrogens with zero attached hydrogens (tertiary/aromatic N) is 5. The smallest absolute Gasteiger partial charge is 0.246 e. The van der Waals surface area contributed by atoms with E-state index in [9.17, 15) is 4.79 Å². The van der Waals surface area contributed by atoms with Crippen LogP contribution in [0.1, 0.15) is 5.56 Å². The third kappa shape index (κ3) is 4.52. The molecule has 1 amide bonds. The molecule has 3 rings (SSSR count). The summed E-state index contributed by atoms with van der Waals surface area (Å²) in [4.78, 5) is 18.3. The van der Waals surface area contributed by atoms with Crippen LogP contribution in [0.3, 0.4) is 0 Å². The van der Waals surface area contributed by atoms with E-state index >= 15 is 0 Å². The second-order valence-electron chi connectivity index (χ2n) is 6.34. The highest BCUT2D eigenvalue weighted by molar-refractivity contribution is 6.30. The van der Waals surface area contributed by atoms with Crippen molar-refractivity contribution in [3.63, 3.8) is 0 Å². The molecule has 0 atom stereocenters. The van der Waals surface area contributed by atoms with Gasteiger partial charge in [0.15, 0.2) is 11.6 Å². The molecule has 0 aliphatic carbocycles. The summed E-state index contributed by atoms with van der Waals surface area (Å²) in [5, 5.41) is 9.18. The van der Waals surface area contributed by atoms with Crippen LogP contribution in [0, 0.1) is 0 Å². The van der Waals surface area contributed by atoms with Crippen LogP contribution in [0.2, 0.25) is 5.02 Å². The average molecular weight is 372 g/mol. The Labute approximate surface area is 158 Å². The second kappa shape index (κ2) is 8.19. The van der Waals surface area contributed by atoms with E-state index in [1.54, 1.807) is 6.08 Å². The molecular weight excluding hydrogens is 350 g/mol. The maximum atomic E-state index is 12.4. The van der Waals surface area contributed by atoms with Crippen molar-refractivity contribution < 1.29 is 4.79 Å². The molecule has 7 heteroatoms. The lowest BCUT2D eigenvalue weighted by molar-refractivity contribution is -0.126. The van der Waals surface area contributed by atoms with Gasteiger partial charge in [0.1, 0.15) is 0 Å². The van der Waals surface area contributed by atoms with Gasteiger partial charge in [-0.05, 0) is 35.9 Å². The highest BCUT2D eigenvalue weighted by Gasteiger charge is 2.20. The van der Waals surface area contributed by atoms with E-state index in [1.807, 2.05) is 66.4 Å². The van der Waals surface area contributed by atoms with Gasteiger partial charge in [0.2, 0.25) is 5.91 Å². The first-order valence-electron chi connectivity index (χ1n) is 8.51. The number of hydrogen-bond acceptors (Lipinski definition) is 5. The Morgan fingerprint density at radius 3 is 2.31 bits per heavy atom. The maximum absolute atomic E-state index is 12.4. The van der Waals surface area contributed by atoms with Crippen LogP contribution >= 0.6 is 11.6 Å². The molecule has 1 aliphatic heterocycles. The molecule has 1 aromatic carbocycles. The van der Waals surface area contributed by atoms with Crippen molar-refractivity contribution in [3.05, 3.63) is 53.1 Å². The van der Waals surface area contributed by atoms with E-state index in [-0.39, 0.29) is 5.91 Å². The van der Waals surface area contributed by atoms with Crippen molar-refractivity contribution in [2.45, 2.75) is 0 Å². The fourth-order valence-electron chi connectivity index (χ4n) is 2.73. The molecule has 1 aliphatic rings.